The van der Waals surface area contributed by atoms with Gasteiger partial charge in [-0.2, -0.15) is 0 Å². The van der Waals surface area contributed by atoms with Gasteiger partial charge in [0.05, 0.1) is 18.0 Å². The number of ether oxygens (including phenoxy) is 1. The summed E-state index contributed by atoms with van der Waals surface area (Å²) in [5, 5.41) is 0. The summed E-state index contributed by atoms with van der Waals surface area (Å²) in [5.41, 5.74) is 2.74. The topological polar surface area (TPSA) is 49.9 Å². The third kappa shape index (κ3) is 6.97. The van der Waals surface area contributed by atoms with Crippen LogP contribution < -0.4 is 4.74 Å². The van der Waals surface area contributed by atoms with Crippen molar-refractivity contribution in [3.63, 3.8) is 0 Å². The maximum absolute atomic E-state index is 13.7. The Hall–Kier alpha value is -3.60. The van der Waals surface area contributed by atoms with Gasteiger partial charge >= 0.3 is 0 Å². The molecule has 0 aliphatic carbocycles. The number of carbonyl (C=O) groups excluding carboxylic acids is 2. The van der Waals surface area contributed by atoms with E-state index in [0.29, 0.717) is 43.9 Å². The van der Waals surface area contributed by atoms with Gasteiger partial charge in [0.25, 0.3) is 5.91 Å². The summed E-state index contributed by atoms with van der Waals surface area (Å²) in [4.78, 5) is 30.6. The number of hydrogen-bond acceptors (Lipinski definition) is 3. The highest BCUT2D eigenvalue weighted by molar-refractivity contribution is 5.96. The van der Waals surface area contributed by atoms with Crippen LogP contribution in [0.15, 0.2) is 84.9 Å². The molecule has 2 amide bonds. The molecule has 0 spiro atoms. The molecule has 0 radical (unpaired) electrons. The maximum Gasteiger partial charge on any atom is 0.257 e. The molecule has 1 heterocycles. The molecule has 5 heteroatoms. The quantitative estimate of drug-likeness (QED) is 0.499. The number of rotatable bonds is 4. The molecule has 1 aliphatic rings. The summed E-state index contributed by atoms with van der Waals surface area (Å²) in [6.45, 7) is 1.73. The smallest absolute Gasteiger partial charge is 0.257 e. The van der Waals surface area contributed by atoms with E-state index in [1.54, 1.807) is 4.90 Å². The third-order valence-electron chi connectivity index (χ3n) is 6.81. The predicted molar refractivity (Wildman–Crippen MR) is 143 cm³/mol. The lowest BCUT2D eigenvalue weighted by molar-refractivity contribution is -0.133. The molecule has 0 aromatic heterocycles. The van der Waals surface area contributed by atoms with Crippen LogP contribution in [-0.4, -0.2) is 54.4 Å². The van der Waals surface area contributed by atoms with Crippen molar-refractivity contribution in [1.82, 2.24) is 9.80 Å². The second-order valence-electron chi connectivity index (χ2n) is 9.54. The van der Waals surface area contributed by atoms with Gasteiger partial charge < -0.3 is 14.5 Å². The van der Waals surface area contributed by atoms with Gasteiger partial charge in [0.15, 0.2) is 0 Å². The fraction of sp³-hybridized carbons (Fsp3) is 0.355. The van der Waals surface area contributed by atoms with Crippen LogP contribution in [0.25, 0.3) is 0 Å². The summed E-state index contributed by atoms with van der Waals surface area (Å²) < 4.78 is 6.33. The van der Waals surface area contributed by atoms with E-state index in [4.69, 9.17) is 4.74 Å². The standard InChI is InChI=1S/C31H36N2O3/c1-32-20-12-2-3-13-21-33(30(34)23-26-16-8-5-9-17-26)27(22-25-14-6-4-7-15-25)24-36-29-19-11-10-18-28(29)31(32)35/h4-11,14-19,27H,2-3,12-13,20-24H2,1H3/t27-/m0/s1. The minimum Gasteiger partial charge on any atom is -0.491 e. The summed E-state index contributed by atoms with van der Waals surface area (Å²) in [7, 11) is 1.85. The van der Waals surface area contributed by atoms with Crippen LogP contribution >= 0.6 is 0 Å². The first kappa shape index (κ1) is 25.5. The molecule has 0 unspecified atom stereocenters. The molecular formula is C31H36N2O3. The van der Waals surface area contributed by atoms with Crippen molar-refractivity contribution in [2.75, 3.05) is 26.7 Å². The second-order valence-corrected chi connectivity index (χ2v) is 9.54. The van der Waals surface area contributed by atoms with Crippen LogP contribution in [-0.2, 0) is 17.6 Å². The van der Waals surface area contributed by atoms with E-state index in [1.165, 1.54) is 0 Å². The van der Waals surface area contributed by atoms with E-state index in [1.807, 2.05) is 84.7 Å². The number of carbonyl (C=O) groups is 2. The van der Waals surface area contributed by atoms with Gasteiger partial charge in [0, 0.05) is 20.1 Å². The Balaban J connectivity index is 1.64. The zero-order valence-corrected chi connectivity index (χ0v) is 21.1. The molecule has 36 heavy (non-hydrogen) atoms. The monoisotopic (exact) mass is 484 g/mol. The number of para-hydroxylation sites is 1. The van der Waals surface area contributed by atoms with E-state index >= 15 is 0 Å². The first-order valence-electron chi connectivity index (χ1n) is 13.0. The van der Waals surface area contributed by atoms with Crippen LogP contribution in [0.4, 0.5) is 0 Å². The van der Waals surface area contributed by atoms with E-state index in [-0.39, 0.29) is 17.9 Å². The van der Waals surface area contributed by atoms with E-state index in [0.717, 1.165) is 36.8 Å². The van der Waals surface area contributed by atoms with Gasteiger partial charge in [-0.3, -0.25) is 9.59 Å². The molecule has 3 aromatic rings. The number of benzene rings is 3. The molecular weight excluding hydrogens is 448 g/mol. The van der Waals surface area contributed by atoms with Crippen molar-refractivity contribution in [2.45, 2.75) is 44.6 Å². The Morgan fingerprint density at radius 1 is 0.806 bits per heavy atom. The van der Waals surface area contributed by atoms with Crippen LogP contribution in [0.3, 0.4) is 0 Å². The first-order valence-corrected chi connectivity index (χ1v) is 13.0. The highest BCUT2D eigenvalue weighted by Crippen LogP contribution is 2.22. The number of amides is 2. The van der Waals surface area contributed by atoms with Gasteiger partial charge in [-0.05, 0) is 42.5 Å². The molecule has 0 N–H and O–H groups in total. The average Bonchev–Trinajstić information content (AvgIpc) is 2.91. The van der Waals surface area contributed by atoms with Gasteiger partial charge in [-0.15, -0.1) is 0 Å². The minimum absolute atomic E-state index is 0.0284. The fourth-order valence-electron chi connectivity index (χ4n) is 4.78. The normalized spacial score (nSPS) is 17.6. The molecule has 4 rings (SSSR count). The summed E-state index contributed by atoms with van der Waals surface area (Å²) in [5.74, 6) is 0.654. The highest BCUT2D eigenvalue weighted by atomic mass is 16.5. The lowest BCUT2D eigenvalue weighted by atomic mass is 10.0. The van der Waals surface area contributed by atoms with Crippen molar-refractivity contribution < 1.29 is 14.3 Å². The predicted octanol–water partition coefficient (Wildman–Crippen LogP) is 5.39. The molecule has 0 bridgehead atoms. The zero-order chi connectivity index (χ0) is 25.2. The number of hydrogen-bond donors (Lipinski definition) is 0. The second kappa shape index (κ2) is 12.9. The third-order valence-corrected chi connectivity index (χ3v) is 6.81. The van der Waals surface area contributed by atoms with Crippen molar-refractivity contribution in [3.8, 4) is 5.75 Å². The molecule has 188 valence electrons. The van der Waals surface area contributed by atoms with Crippen LogP contribution in [0.1, 0.15) is 47.2 Å². The van der Waals surface area contributed by atoms with E-state index < -0.39 is 0 Å². The van der Waals surface area contributed by atoms with Gasteiger partial charge in [-0.1, -0.05) is 85.6 Å². The Morgan fingerprint density at radius 2 is 1.42 bits per heavy atom. The molecule has 0 saturated carbocycles. The lowest BCUT2D eigenvalue weighted by Crippen LogP contribution is -2.46. The molecule has 5 nitrogen and oxygen atoms in total. The summed E-state index contributed by atoms with van der Waals surface area (Å²) in [6.07, 6.45) is 4.98. The lowest BCUT2D eigenvalue weighted by Gasteiger charge is -2.33. The largest absolute Gasteiger partial charge is 0.491 e. The Bertz CT molecular complexity index is 1120. The van der Waals surface area contributed by atoms with Crippen LogP contribution in [0, 0.1) is 0 Å². The minimum atomic E-state index is -0.146. The van der Waals surface area contributed by atoms with Crippen molar-refractivity contribution in [1.29, 1.82) is 0 Å². The molecule has 1 atom stereocenters. The Labute approximate surface area is 214 Å². The summed E-state index contributed by atoms with van der Waals surface area (Å²) >= 11 is 0. The van der Waals surface area contributed by atoms with Crippen molar-refractivity contribution in [2.24, 2.45) is 0 Å². The van der Waals surface area contributed by atoms with Crippen molar-refractivity contribution in [3.05, 3.63) is 102 Å². The van der Waals surface area contributed by atoms with Crippen LogP contribution in [0.5, 0.6) is 5.75 Å². The molecule has 3 aromatic carbocycles. The van der Waals surface area contributed by atoms with Gasteiger partial charge in [-0.25, -0.2) is 0 Å². The molecule has 0 fully saturated rings. The van der Waals surface area contributed by atoms with Gasteiger partial charge in [0.1, 0.15) is 12.4 Å². The van der Waals surface area contributed by atoms with E-state index in [9.17, 15) is 9.59 Å². The van der Waals surface area contributed by atoms with E-state index in [2.05, 4.69) is 12.1 Å². The molecule has 0 saturated heterocycles. The zero-order valence-electron chi connectivity index (χ0n) is 21.1. The first-order chi connectivity index (χ1) is 17.6. The van der Waals surface area contributed by atoms with Crippen LogP contribution in [0.2, 0.25) is 0 Å². The fourth-order valence-corrected chi connectivity index (χ4v) is 4.78. The number of fused-ring (bicyclic) bond motifs is 1. The Morgan fingerprint density at radius 3 is 2.14 bits per heavy atom. The van der Waals surface area contributed by atoms with Gasteiger partial charge in [0.2, 0.25) is 5.91 Å². The summed E-state index contributed by atoms with van der Waals surface area (Å²) in [6, 6.07) is 27.5. The highest BCUT2D eigenvalue weighted by Gasteiger charge is 2.26. The molecule has 1 aliphatic heterocycles. The maximum atomic E-state index is 13.7. The van der Waals surface area contributed by atoms with Crippen molar-refractivity contribution >= 4 is 11.8 Å². The number of nitrogens with zero attached hydrogens (tertiary/aromatic N) is 2. The average molecular weight is 485 g/mol. The Kier molecular flexibility index (Phi) is 9.15. The SMILES string of the molecule is CN1CCCCCCN(C(=O)Cc2ccccc2)[C@@H](Cc2ccccc2)COc2ccccc2C1=O.